The number of hydrogen-bond acceptors (Lipinski definition) is 8. The van der Waals surface area contributed by atoms with Crippen LogP contribution in [0.5, 0.6) is 0 Å². The zero-order chi connectivity index (χ0) is 30.3. The van der Waals surface area contributed by atoms with E-state index in [1.54, 1.807) is 32.7 Å². The van der Waals surface area contributed by atoms with E-state index in [2.05, 4.69) is 54.9 Å². The number of carbonyl (C=O) groups is 3. The first-order valence-electron chi connectivity index (χ1n) is 14.7. The molecule has 1 atom stereocenters. The Bertz CT molecular complexity index is 1260. The average Bonchev–Trinajstić information content (AvgIpc) is 2.90. The molecule has 1 unspecified atom stereocenters. The number of pyridine rings is 1. The molecule has 0 radical (unpaired) electrons. The lowest BCUT2D eigenvalue weighted by molar-refractivity contribution is -0.159. The van der Waals surface area contributed by atoms with Crippen LogP contribution in [-0.4, -0.2) is 71.9 Å². The molecule has 3 heterocycles. The predicted molar refractivity (Wildman–Crippen MR) is 169 cm³/mol. The molecule has 11 heteroatoms. The minimum absolute atomic E-state index is 0.0125. The van der Waals surface area contributed by atoms with Gasteiger partial charge in [0.2, 0.25) is 11.8 Å². The number of aromatic nitrogens is 1. The van der Waals surface area contributed by atoms with Crippen LogP contribution in [0.3, 0.4) is 0 Å². The van der Waals surface area contributed by atoms with Gasteiger partial charge in [-0.2, -0.15) is 0 Å². The van der Waals surface area contributed by atoms with Crippen LogP contribution in [0, 0.1) is 5.92 Å². The number of benzene rings is 1. The summed E-state index contributed by atoms with van der Waals surface area (Å²) in [4.78, 5) is 46.6. The summed E-state index contributed by atoms with van der Waals surface area (Å²) in [6.07, 6.45) is 4.92. The highest BCUT2D eigenvalue weighted by atomic mass is 79.9. The van der Waals surface area contributed by atoms with E-state index in [0.717, 1.165) is 53.1 Å². The third-order valence-electron chi connectivity index (χ3n) is 7.16. The zero-order valence-electron chi connectivity index (χ0n) is 25.0. The van der Waals surface area contributed by atoms with Crippen LogP contribution in [0.1, 0.15) is 57.7 Å². The molecule has 2 amide bonds. The topological polar surface area (TPSA) is 104 Å². The Balaban J connectivity index is 1.21. The van der Waals surface area contributed by atoms with Crippen LogP contribution < -0.4 is 15.5 Å². The van der Waals surface area contributed by atoms with Gasteiger partial charge in [-0.15, -0.1) is 0 Å². The Morgan fingerprint density at radius 2 is 1.95 bits per heavy atom. The summed E-state index contributed by atoms with van der Waals surface area (Å²) in [6, 6.07) is 11.3. The zero-order valence-corrected chi connectivity index (χ0v) is 27.4. The number of esters is 1. The minimum atomic E-state index is -0.954. The number of halogens is 1. The molecule has 2 aromatic rings. The summed E-state index contributed by atoms with van der Waals surface area (Å²) in [6.45, 7) is 7.50. The van der Waals surface area contributed by atoms with E-state index in [1.807, 2.05) is 24.3 Å². The van der Waals surface area contributed by atoms with Crippen LogP contribution in [0.4, 0.5) is 5.82 Å². The number of nitrogens with zero attached hydrogens (tertiary/aromatic N) is 3. The maximum Gasteiger partial charge on any atom is 0.331 e. The number of anilines is 1. The lowest BCUT2D eigenvalue weighted by atomic mass is 10.0. The molecule has 1 aromatic carbocycles. The quantitative estimate of drug-likeness (QED) is 0.195. The van der Waals surface area contributed by atoms with Gasteiger partial charge in [0.25, 0.3) is 0 Å². The van der Waals surface area contributed by atoms with Crippen molar-refractivity contribution < 1.29 is 19.1 Å². The molecule has 228 valence electrons. The molecule has 1 saturated heterocycles. The van der Waals surface area contributed by atoms with Crippen LogP contribution in [-0.2, 0) is 32.0 Å². The second-order valence-electron chi connectivity index (χ2n) is 12.0. The van der Waals surface area contributed by atoms with Gasteiger partial charge in [0.1, 0.15) is 17.5 Å². The van der Waals surface area contributed by atoms with Gasteiger partial charge in [0, 0.05) is 54.7 Å². The first kappa shape index (κ1) is 32.3. The number of hydrogen-bond donors (Lipinski definition) is 2. The maximum atomic E-state index is 13.0. The van der Waals surface area contributed by atoms with E-state index in [0.29, 0.717) is 25.9 Å². The molecule has 0 bridgehead atoms. The third-order valence-corrected chi connectivity index (χ3v) is 8.68. The van der Waals surface area contributed by atoms with E-state index in [9.17, 15) is 14.4 Å². The first-order valence-corrected chi connectivity index (χ1v) is 16.2. The summed E-state index contributed by atoms with van der Waals surface area (Å²) in [5.41, 5.74) is 1.63. The Labute approximate surface area is 261 Å². The third kappa shape index (κ3) is 9.70. The van der Waals surface area contributed by atoms with Gasteiger partial charge in [-0.05, 0) is 94.7 Å². The van der Waals surface area contributed by atoms with Crippen molar-refractivity contribution >= 4 is 51.5 Å². The number of amides is 2. The number of rotatable bonds is 12. The second kappa shape index (κ2) is 14.7. The molecule has 2 aliphatic rings. The number of unbranched alkanes of at least 4 members (excludes halogenated alkanes) is 1. The van der Waals surface area contributed by atoms with Crippen molar-refractivity contribution in [2.45, 2.75) is 75.8 Å². The van der Waals surface area contributed by atoms with Crippen molar-refractivity contribution in [1.82, 2.24) is 19.9 Å². The van der Waals surface area contributed by atoms with Crippen LogP contribution >= 0.6 is 27.9 Å². The first-order chi connectivity index (χ1) is 20.0. The molecule has 42 heavy (non-hydrogen) atoms. The predicted octanol–water partition coefficient (Wildman–Crippen LogP) is 4.52. The van der Waals surface area contributed by atoms with Crippen molar-refractivity contribution in [3.63, 3.8) is 0 Å². The lowest BCUT2D eigenvalue weighted by Crippen LogP contribution is -2.56. The summed E-state index contributed by atoms with van der Waals surface area (Å²) in [5, 5.41) is 5.65. The normalized spacial score (nSPS) is 16.3. The Morgan fingerprint density at radius 3 is 2.69 bits per heavy atom. The van der Waals surface area contributed by atoms with Crippen molar-refractivity contribution in [2.75, 3.05) is 38.1 Å². The fraction of sp³-hybridized carbons (Fsp3) is 0.548. The fourth-order valence-corrected chi connectivity index (χ4v) is 6.57. The molecule has 0 spiro atoms. The van der Waals surface area contributed by atoms with Crippen LogP contribution in [0.15, 0.2) is 45.8 Å². The van der Waals surface area contributed by atoms with Gasteiger partial charge >= 0.3 is 5.97 Å². The molecule has 9 nitrogen and oxygen atoms in total. The van der Waals surface area contributed by atoms with Gasteiger partial charge in [-0.25, -0.2) is 14.1 Å². The van der Waals surface area contributed by atoms with Crippen molar-refractivity contribution in [1.29, 1.82) is 0 Å². The number of nitrogens with one attached hydrogen (secondary N) is 2. The van der Waals surface area contributed by atoms with Crippen molar-refractivity contribution in [3.8, 4) is 0 Å². The summed E-state index contributed by atoms with van der Waals surface area (Å²) < 4.78 is 8.65. The molecule has 1 fully saturated rings. The smallest absolute Gasteiger partial charge is 0.331 e. The van der Waals surface area contributed by atoms with Gasteiger partial charge in [-0.3, -0.25) is 9.59 Å². The number of fused-ring (bicyclic) bond motifs is 1. The van der Waals surface area contributed by atoms with Crippen molar-refractivity contribution in [3.05, 3.63) is 52.1 Å². The van der Waals surface area contributed by atoms with E-state index in [4.69, 9.17) is 9.72 Å². The standard InChI is InChI=1S/C31H42BrN5O4S/c1-31(2,3)41-30(40)26(35-29(39)22-19-37(20-22)42-25-12-7-10-23(32)17-25)18-33-27(38)13-6-5-11-24-15-14-21-9-8-16-36(4)28(21)34-24/h7,10,12,14-15,17,22,26H,5-6,8-9,11,13,16,18-20H2,1-4H3,(H,33,38)(H,35,39). The molecule has 2 aliphatic heterocycles. The molecule has 2 N–H and O–H groups in total. The van der Waals surface area contributed by atoms with E-state index in [1.165, 1.54) is 5.56 Å². The molecule has 1 aromatic heterocycles. The van der Waals surface area contributed by atoms with Gasteiger partial charge in [0.05, 0.1) is 5.92 Å². The highest BCUT2D eigenvalue weighted by Gasteiger charge is 2.36. The Morgan fingerprint density at radius 1 is 1.17 bits per heavy atom. The molecular weight excluding hydrogens is 618 g/mol. The number of ether oxygens (including phenoxy) is 1. The fourth-order valence-electron chi connectivity index (χ4n) is 4.90. The maximum absolute atomic E-state index is 13.0. The minimum Gasteiger partial charge on any atom is -0.458 e. The average molecular weight is 661 g/mol. The SMILES string of the molecule is CN1CCCc2ccc(CCCCC(=O)NCC(NC(=O)C3CN(Sc4cccc(Br)c4)C3)C(=O)OC(C)(C)C)nc21. The van der Waals surface area contributed by atoms with Gasteiger partial charge < -0.3 is 20.3 Å². The Hall–Kier alpha value is -2.63. The summed E-state index contributed by atoms with van der Waals surface area (Å²) in [7, 11) is 2.08. The molecule has 4 rings (SSSR count). The highest BCUT2D eigenvalue weighted by molar-refractivity contribution is 9.10. The summed E-state index contributed by atoms with van der Waals surface area (Å²) in [5.74, 6) is -0.0864. The summed E-state index contributed by atoms with van der Waals surface area (Å²) >= 11 is 5.07. The lowest BCUT2D eigenvalue weighted by Gasteiger charge is -2.37. The Kier molecular flexibility index (Phi) is 11.3. The van der Waals surface area contributed by atoms with Crippen molar-refractivity contribution in [2.24, 2.45) is 5.92 Å². The van der Waals surface area contributed by atoms with Gasteiger partial charge in [0.15, 0.2) is 0 Å². The van der Waals surface area contributed by atoms with E-state index >= 15 is 0 Å². The number of aryl methyl sites for hydroxylation is 2. The molecular formula is C31H42BrN5O4S. The van der Waals surface area contributed by atoms with E-state index < -0.39 is 17.6 Å². The van der Waals surface area contributed by atoms with Crippen LogP contribution in [0.2, 0.25) is 0 Å². The second-order valence-corrected chi connectivity index (χ2v) is 14.1. The monoisotopic (exact) mass is 659 g/mol. The molecule has 0 aliphatic carbocycles. The van der Waals surface area contributed by atoms with E-state index in [-0.39, 0.29) is 24.3 Å². The van der Waals surface area contributed by atoms with Gasteiger partial charge in [-0.1, -0.05) is 28.1 Å². The number of carbonyl (C=O) groups excluding carboxylic acids is 3. The highest BCUT2D eigenvalue weighted by Crippen LogP contribution is 2.32. The largest absolute Gasteiger partial charge is 0.458 e. The molecule has 0 saturated carbocycles. The van der Waals surface area contributed by atoms with Crippen LogP contribution in [0.25, 0.3) is 0 Å².